The number of anilines is 1. The maximum atomic E-state index is 12.2. The third-order valence-electron chi connectivity index (χ3n) is 4.58. The zero-order chi connectivity index (χ0) is 17.0. The highest BCUT2D eigenvalue weighted by molar-refractivity contribution is 5.74. The van der Waals surface area contributed by atoms with Crippen molar-refractivity contribution < 1.29 is 9.53 Å². The van der Waals surface area contributed by atoms with Crippen LogP contribution in [0.2, 0.25) is 0 Å². The normalized spacial score (nSPS) is 22.1. The van der Waals surface area contributed by atoms with Crippen molar-refractivity contribution in [3.63, 3.8) is 0 Å². The van der Waals surface area contributed by atoms with Gasteiger partial charge in [0.05, 0.1) is 6.10 Å². The average molecular weight is 320 g/mol. The molecule has 1 saturated carbocycles. The molecule has 1 aliphatic rings. The fourth-order valence-corrected chi connectivity index (χ4v) is 2.97. The Balaban J connectivity index is 1.85. The molecule has 2 amide bonds. The first-order valence-electron chi connectivity index (χ1n) is 8.13. The van der Waals surface area contributed by atoms with Crippen LogP contribution in [0.3, 0.4) is 0 Å². The van der Waals surface area contributed by atoms with Crippen molar-refractivity contribution in [1.29, 1.82) is 0 Å². The Morgan fingerprint density at radius 3 is 2.83 bits per heavy atom. The van der Waals surface area contributed by atoms with E-state index in [9.17, 15) is 4.79 Å². The lowest BCUT2D eigenvalue weighted by Gasteiger charge is -2.51. The van der Waals surface area contributed by atoms with Crippen LogP contribution < -0.4 is 15.5 Å². The number of amides is 2. The van der Waals surface area contributed by atoms with Gasteiger partial charge in [0.15, 0.2) is 0 Å². The zero-order valence-electron chi connectivity index (χ0n) is 14.7. The number of pyridine rings is 1. The second kappa shape index (κ2) is 7.17. The molecular weight excluding hydrogens is 292 g/mol. The first-order valence-corrected chi connectivity index (χ1v) is 8.13. The van der Waals surface area contributed by atoms with Crippen molar-refractivity contribution >= 4 is 11.8 Å². The van der Waals surface area contributed by atoms with Crippen LogP contribution in [0.15, 0.2) is 18.3 Å². The molecule has 0 unspecified atom stereocenters. The number of nitrogens with zero attached hydrogens (tertiary/aromatic N) is 2. The summed E-state index contributed by atoms with van der Waals surface area (Å²) in [5.74, 6) is 0.869. The molecule has 6 heteroatoms. The molecule has 23 heavy (non-hydrogen) atoms. The lowest BCUT2D eigenvalue weighted by Crippen LogP contribution is -2.63. The molecule has 1 fully saturated rings. The molecule has 2 rings (SSSR count). The average Bonchev–Trinajstić information content (AvgIpc) is 2.52. The Bertz CT molecular complexity index is 545. The number of hydrogen-bond donors (Lipinski definition) is 2. The summed E-state index contributed by atoms with van der Waals surface area (Å²) in [5, 5.41) is 5.97. The topological polar surface area (TPSA) is 66.5 Å². The van der Waals surface area contributed by atoms with Gasteiger partial charge < -0.3 is 20.3 Å². The number of nitrogens with one attached hydrogen (secondary N) is 2. The predicted octanol–water partition coefficient (Wildman–Crippen LogP) is 2.15. The highest BCUT2D eigenvalue weighted by Gasteiger charge is 2.49. The van der Waals surface area contributed by atoms with Crippen molar-refractivity contribution in [1.82, 2.24) is 15.6 Å². The first kappa shape index (κ1) is 17.5. The summed E-state index contributed by atoms with van der Waals surface area (Å²) in [6, 6.07) is 3.85. The molecule has 1 aromatic rings. The van der Waals surface area contributed by atoms with E-state index < -0.39 is 0 Å². The number of carbonyl (C=O) groups is 1. The quantitative estimate of drug-likeness (QED) is 0.843. The van der Waals surface area contributed by atoms with E-state index in [1.807, 2.05) is 38.1 Å². The van der Waals surface area contributed by atoms with E-state index in [4.69, 9.17) is 4.74 Å². The Kier molecular flexibility index (Phi) is 5.46. The molecule has 2 atom stereocenters. The number of rotatable bonds is 6. The second-order valence-corrected chi connectivity index (χ2v) is 6.76. The van der Waals surface area contributed by atoms with Crippen LogP contribution >= 0.6 is 0 Å². The summed E-state index contributed by atoms with van der Waals surface area (Å²) in [6.07, 6.45) is 2.84. The smallest absolute Gasteiger partial charge is 0.315 e. The van der Waals surface area contributed by atoms with Gasteiger partial charge in [0.25, 0.3) is 0 Å². The van der Waals surface area contributed by atoms with Crippen LogP contribution in [0.5, 0.6) is 0 Å². The third kappa shape index (κ3) is 3.93. The molecule has 0 saturated heterocycles. The van der Waals surface area contributed by atoms with Gasteiger partial charge in [0.1, 0.15) is 5.82 Å². The Hall–Kier alpha value is -1.82. The first-order chi connectivity index (χ1) is 10.9. The van der Waals surface area contributed by atoms with Gasteiger partial charge in [-0.25, -0.2) is 9.78 Å². The summed E-state index contributed by atoms with van der Waals surface area (Å²) >= 11 is 0. The maximum absolute atomic E-state index is 12.2. The SMILES string of the molecule is CCO[C@H]1C[C@H](NC(=O)NCc2cccnc2N(C)C)C1(C)C. The van der Waals surface area contributed by atoms with E-state index in [0.717, 1.165) is 17.8 Å². The van der Waals surface area contributed by atoms with Crippen LogP contribution in [0.1, 0.15) is 32.8 Å². The maximum Gasteiger partial charge on any atom is 0.315 e. The van der Waals surface area contributed by atoms with E-state index in [1.165, 1.54) is 0 Å². The number of aromatic nitrogens is 1. The molecule has 0 aromatic carbocycles. The Morgan fingerprint density at radius 2 is 2.22 bits per heavy atom. The number of hydrogen-bond acceptors (Lipinski definition) is 4. The van der Waals surface area contributed by atoms with Gasteiger partial charge >= 0.3 is 6.03 Å². The molecular formula is C17H28N4O2. The molecule has 6 nitrogen and oxygen atoms in total. The van der Waals surface area contributed by atoms with Gasteiger partial charge in [-0.05, 0) is 19.4 Å². The van der Waals surface area contributed by atoms with Crippen LogP contribution in [0, 0.1) is 5.41 Å². The monoisotopic (exact) mass is 320 g/mol. The molecule has 1 aromatic heterocycles. The van der Waals surface area contributed by atoms with Crippen molar-refractivity contribution in [3.05, 3.63) is 23.9 Å². The van der Waals surface area contributed by atoms with E-state index in [2.05, 4.69) is 29.5 Å². The third-order valence-corrected chi connectivity index (χ3v) is 4.58. The Morgan fingerprint density at radius 1 is 1.48 bits per heavy atom. The molecule has 0 bridgehead atoms. The van der Waals surface area contributed by atoms with Crippen LogP contribution in [0.25, 0.3) is 0 Å². The summed E-state index contributed by atoms with van der Waals surface area (Å²) in [6.45, 7) is 7.43. The lowest BCUT2D eigenvalue weighted by molar-refractivity contribution is -0.110. The van der Waals surface area contributed by atoms with Crippen molar-refractivity contribution in [3.8, 4) is 0 Å². The zero-order valence-corrected chi connectivity index (χ0v) is 14.7. The Labute approximate surface area is 138 Å². The molecule has 1 aliphatic carbocycles. The van der Waals surface area contributed by atoms with Crippen LogP contribution in [-0.4, -0.2) is 43.9 Å². The summed E-state index contributed by atoms with van der Waals surface area (Å²) < 4.78 is 5.69. The molecule has 0 aliphatic heterocycles. The number of urea groups is 1. The largest absolute Gasteiger partial charge is 0.378 e. The standard InChI is InChI=1S/C17H28N4O2/c1-6-23-14-10-13(17(14,2)3)20-16(22)19-11-12-8-7-9-18-15(12)21(4)5/h7-9,13-14H,6,10-11H2,1-5H3,(H2,19,20,22)/t13-,14-/m0/s1. The van der Waals surface area contributed by atoms with Gasteiger partial charge in [0, 0.05) is 50.5 Å². The summed E-state index contributed by atoms with van der Waals surface area (Å²) in [5.41, 5.74) is 0.962. The van der Waals surface area contributed by atoms with Gasteiger partial charge in [-0.3, -0.25) is 0 Å². The van der Waals surface area contributed by atoms with Crippen molar-refractivity contribution in [2.45, 2.75) is 45.9 Å². The molecule has 1 heterocycles. The fourth-order valence-electron chi connectivity index (χ4n) is 2.97. The van der Waals surface area contributed by atoms with Gasteiger partial charge in [0.2, 0.25) is 0 Å². The van der Waals surface area contributed by atoms with Crippen LogP contribution in [-0.2, 0) is 11.3 Å². The predicted molar refractivity (Wildman–Crippen MR) is 91.5 cm³/mol. The van der Waals surface area contributed by atoms with Crippen molar-refractivity contribution in [2.75, 3.05) is 25.6 Å². The highest BCUT2D eigenvalue weighted by Crippen LogP contribution is 2.42. The molecule has 0 radical (unpaired) electrons. The highest BCUT2D eigenvalue weighted by atomic mass is 16.5. The minimum atomic E-state index is -0.147. The molecule has 128 valence electrons. The number of carbonyl (C=O) groups excluding carboxylic acids is 1. The second-order valence-electron chi connectivity index (χ2n) is 6.76. The lowest BCUT2D eigenvalue weighted by atomic mass is 9.64. The van der Waals surface area contributed by atoms with Gasteiger partial charge in [-0.15, -0.1) is 0 Å². The summed E-state index contributed by atoms with van der Waals surface area (Å²) in [4.78, 5) is 18.4. The molecule has 0 spiro atoms. The van der Waals surface area contributed by atoms with E-state index >= 15 is 0 Å². The van der Waals surface area contributed by atoms with E-state index in [1.54, 1.807) is 6.20 Å². The van der Waals surface area contributed by atoms with Gasteiger partial charge in [-0.1, -0.05) is 19.9 Å². The van der Waals surface area contributed by atoms with E-state index in [-0.39, 0.29) is 23.6 Å². The summed E-state index contributed by atoms with van der Waals surface area (Å²) in [7, 11) is 3.88. The minimum Gasteiger partial charge on any atom is -0.378 e. The van der Waals surface area contributed by atoms with Crippen LogP contribution in [0.4, 0.5) is 10.6 Å². The van der Waals surface area contributed by atoms with E-state index in [0.29, 0.717) is 13.2 Å². The molecule has 2 N–H and O–H groups in total. The van der Waals surface area contributed by atoms with Crippen molar-refractivity contribution in [2.24, 2.45) is 5.41 Å². The number of ether oxygens (including phenoxy) is 1. The van der Waals surface area contributed by atoms with Gasteiger partial charge in [-0.2, -0.15) is 0 Å². The fraction of sp³-hybridized carbons (Fsp3) is 0.647. The minimum absolute atomic E-state index is 0.0313.